The van der Waals surface area contributed by atoms with Gasteiger partial charge in [0.25, 0.3) is 11.8 Å². The minimum absolute atomic E-state index is 0.195. The molecule has 1 aromatic rings. The van der Waals surface area contributed by atoms with Gasteiger partial charge in [-0.05, 0) is 25.0 Å². The van der Waals surface area contributed by atoms with Gasteiger partial charge in [-0.25, -0.2) is 4.79 Å². The van der Waals surface area contributed by atoms with E-state index in [0.29, 0.717) is 17.9 Å². The largest absolute Gasteiger partial charge is 0.493 e. The van der Waals surface area contributed by atoms with Gasteiger partial charge in [0.15, 0.2) is 6.61 Å². The minimum Gasteiger partial charge on any atom is -0.493 e. The molecule has 8 nitrogen and oxygen atoms in total. The molecule has 1 aromatic carbocycles. The monoisotopic (exact) mass is 389 g/mol. The second-order valence-corrected chi connectivity index (χ2v) is 6.46. The molecule has 0 saturated heterocycles. The summed E-state index contributed by atoms with van der Waals surface area (Å²) in [6, 6.07) is 7.77. The lowest BCUT2D eigenvalue weighted by Gasteiger charge is -2.22. The van der Waals surface area contributed by atoms with Crippen LogP contribution in [-0.4, -0.2) is 55.5 Å². The van der Waals surface area contributed by atoms with Crippen molar-refractivity contribution in [1.29, 1.82) is 5.26 Å². The summed E-state index contributed by atoms with van der Waals surface area (Å²) in [6.45, 7) is 5.55. The number of ether oxygens (including phenoxy) is 2. The molecule has 0 saturated carbocycles. The molecule has 0 radical (unpaired) electrons. The number of carbonyl (C=O) groups excluding carboxylic acids is 3. The molecule has 1 rings (SSSR count). The lowest BCUT2D eigenvalue weighted by atomic mass is 10.0. The second-order valence-electron chi connectivity index (χ2n) is 6.46. The smallest absolute Gasteiger partial charge is 0.329 e. The number of benzene rings is 1. The van der Waals surface area contributed by atoms with Crippen molar-refractivity contribution >= 4 is 17.8 Å². The molecule has 1 atom stereocenters. The van der Waals surface area contributed by atoms with Gasteiger partial charge in [0, 0.05) is 13.6 Å². The lowest BCUT2D eigenvalue weighted by molar-refractivity contribution is -0.154. The van der Waals surface area contributed by atoms with Crippen molar-refractivity contribution in [2.24, 2.45) is 5.92 Å². The molecule has 0 aliphatic carbocycles. The molecule has 0 unspecified atom stereocenters. The third-order valence-electron chi connectivity index (χ3n) is 3.96. The summed E-state index contributed by atoms with van der Waals surface area (Å²) in [5, 5.41) is 11.2. The number of amides is 2. The summed E-state index contributed by atoms with van der Waals surface area (Å²) in [4.78, 5) is 38.3. The van der Waals surface area contributed by atoms with E-state index in [1.807, 2.05) is 13.0 Å². The van der Waals surface area contributed by atoms with Gasteiger partial charge in [0.05, 0.1) is 24.7 Å². The van der Waals surface area contributed by atoms with Gasteiger partial charge in [-0.2, -0.15) is 5.26 Å². The number of nitriles is 1. The topological polar surface area (TPSA) is 109 Å². The van der Waals surface area contributed by atoms with Crippen LogP contribution in [0.25, 0.3) is 0 Å². The second kappa shape index (κ2) is 11.6. The highest BCUT2D eigenvalue weighted by Gasteiger charge is 2.28. The lowest BCUT2D eigenvalue weighted by Crippen LogP contribution is -2.46. The Morgan fingerprint density at radius 2 is 1.93 bits per heavy atom. The van der Waals surface area contributed by atoms with Crippen molar-refractivity contribution in [2.75, 3.05) is 26.8 Å². The van der Waals surface area contributed by atoms with Crippen LogP contribution >= 0.6 is 0 Å². The first-order valence-corrected chi connectivity index (χ1v) is 9.12. The Hall–Kier alpha value is -3.08. The van der Waals surface area contributed by atoms with Crippen LogP contribution in [0.3, 0.4) is 0 Å². The number of rotatable bonds is 10. The first-order valence-electron chi connectivity index (χ1n) is 9.12. The molecule has 0 aliphatic heterocycles. The number of para-hydroxylation sites is 1. The maximum absolute atomic E-state index is 12.6. The Balaban J connectivity index is 2.75. The third-order valence-corrected chi connectivity index (χ3v) is 3.96. The number of nitrogens with zero attached hydrogens (tertiary/aromatic N) is 2. The molecule has 0 bridgehead atoms. The molecule has 152 valence electrons. The van der Waals surface area contributed by atoms with Gasteiger partial charge in [0.1, 0.15) is 11.8 Å². The van der Waals surface area contributed by atoms with Crippen LogP contribution in [-0.2, 0) is 14.3 Å². The van der Waals surface area contributed by atoms with E-state index in [2.05, 4.69) is 5.32 Å². The molecule has 0 aromatic heterocycles. The van der Waals surface area contributed by atoms with E-state index in [1.54, 1.807) is 38.1 Å². The summed E-state index contributed by atoms with van der Waals surface area (Å²) in [6.07, 6.45) is 0.195. The molecule has 8 heteroatoms. The summed E-state index contributed by atoms with van der Waals surface area (Å²) >= 11 is 0. The quantitative estimate of drug-likeness (QED) is 0.611. The fourth-order valence-corrected chi connectivity index (χ4v) is 2.33. The van der Waals surface area contributed by atoms with Gasteiger partial charge in [-0.3, -0.25) is 9.59 Å². The first-order chi connectivity index (χ1) is 13.3. The van der Waals surface area contributed by atoms with Crippen molar-refractivity contribution in [1.82, 2.24) is 10.2 Å². The van der Waals surface area contributed by atoms with E-state index in [9.17, 15) is 14.4 Å². The van der Waals surface area contributed by atoms with Crippen LogP contribution in [0.15, 0.2) is 24.3 Å². The Kier molecular flexibility index (Phi) is 9.51. The maximum Gasteiger partial charge on any atom is 0.329 e. The Morgan fingerprint density at radius 3 is 2.54 bits per heavy atom. The Bertz CT molecular complexity index is 727. The molecule has 0 fully saturated rings. The van der Waals surface area contributed by atoms with E-state index < -0.39 is 30.4 Å². The zero-order chi connectivity index (χ0) is 21.1. The fourth-order valence-electron chi connectivity index (χ4n) is 2.33. The van der Waals surface area contributed by atoms with Gasteiger partial charge in [-0.1, -0.05) is 26.0 Å². The molecule has 0 heterocycles. The zero-order valence-electron chi connectivity index (χ0n) is 16.7. The maximum atomic E-state index is 12.6. The molecular formula is C20H27N3O5. The SMILES string of the molecule is CCOc1ccccc1C(=O)N[C@H](C(=O)OCC(=O)N(C)CCC#N)C(C)C. The van der Waals surface area contributed by atoms with E-state index in [0.717, 1.165) is 0 Å². The molecule has 0 spiro atoms. The average Bonchev–Trinajstić information content (AvgIpc) is 2.68. The highest BCUT2D eigenvalue weighted by Crippen LogP contribution is 2.18. The Labute approximate surface area is 165 Å². The summed E-state index contributed by atoms with van der Waals surface area (Å²) in [7, 11) is 1.53. The Morgan fingerprint density at radius 1 is 1.25 bits per heavy atom. The van der Waals surface area contributed by atoms with Crippen LogP contribution in [0.1, 0.15) is 37.6 Å². The molecule has 28 heavy (non-hydrogen) atoms. The molecular weight excluding hydrogens is 362 g/mol. The predicted octanol–water partition coefficient (Wildman–Crippen LogP) is 1.75. The summed E-state index contributed by atoms with van der Waals surface area (Å²) < 4.78 is 10.5. The normalized spacial score (nSPS) is 11.3. The van der Waals surface area contributed by atoms with Gasteiger partial charge < -0.3 is 19.7 Å². The van der Waals surface area contributed by atoms with Gasteiger partial charge in [0.2, 0.25) is 0 Å². The van der Waals surface area contributed by atoms with Crippen LogP contribution in [0.4, 0.5) is 0 Å². The van der Waals surface area contributed by atoms with Crippen LogP contribution in [0.5, 0.6) is 5.75 Å². The fraction of sp³-hybridized carbons (Fsp3) is 0.500. The zero-order valence-corrected chi connectivity index (χ0v) is 16.7. The van der Waals surface area contributed by atoms with Crippen LogP contribution in [0.2, 0.25) is 0 Å². The average molecular weight is 389 g/mol. The number of hydrogen-bond acceptors (Lipinski definition) is 6. The standard InChI is InChI=1S/C20H27N3O5/c1-5-27-16-10-7-6-9-15(16)19(25)22-18(14(2)3)20(26)28-13-17(24)23(4)12-8-11-21/h6-7,9-10,14,18H,5,8,12-13H2,1-4H3,(H,22,25)/t18-/m0/s1. The van der Waals surface area contributed by atoms with Crippen molar-refractivity contribution in [3.63, 3.8) is 0 Å². The number of likely N-dealkylation sites (N-methyl/N-ethyl adjacent to an activating group) is 1. The highest BCUT2D eigenvalue weighted by atomic mass is 16.5. The van der Waals surface area contributed by atoms with Crippen molar-refractivity contribution in [3.8, 4) is 11.8 Å². The summed E-state index contributed by atoms with van der Waals surface area (Å²) in [5.41, 5.74) is 0.315. The number of carbonyl (C=O) groups is 3. The van der Waals surface area contributed by atoms with E-state index in [-0.39, 0.29) is 18.9 Å². The van der Waals surface area contributed by atoms with E-state index in [4.69, 9.17) is 14.7 Å². The van der Waals surface area contributed by atoms with Gasteiger partial charge >= 0.3 is 5.97 Å². The van der Waals surface area contributed by atoms with Gasteiger partial charge in [-0.15, -0.1) is 0 Å². The summed E-state index contributed by atoms with van der Waals surface area (Å²) in [5.74, 6) is -1.40. The van der Waals surface area contributed by atoms with Crippen molar-refractivity contribution in [2.45, 2.75) is 33.2 Å². The number of nitrogens with one attached hydrogen (secondary N) is 1. The van der Waals surface area contributed by atoms with Crippen LogP contribution < -0.4 is 10.1 Å². The van der Waals surface area contributed by atoms with E-state index in [1.165, 1.54) is 11.9 Å². The highest BCUT2D eigenvalue weighted by molar-refractivity contribution is 5.99. The van der Waals surface area contributed by atoms with E-state index >= 15 is 0 Å². The first kappa shape index (κ1) is 23.0. The van der Waals surface area contributed by atoms with Crippen LogP contribution in [0, 0.1) is 17.2 Å². The molecule has 2 amide bonds. The third kappa shape index (κ3) is 6.91. The molecule has 0 aliphatic rings. The number of esters is 1. The predicted molar refractivity (Wildman–Crippen MR) is 103 cm³/mol. The number of hydrogen-bond donors (Lipinski definition) is 1. The van der Waals surface area contributed by atoms with Crippen molar-refractivity contribution in [3.05, 3.63) is 29.8 Å². The molecule has 1 N–H and O–H groups in total. The minimum atomic E-state index is -0.917. The van der Waals surface area contributed by atoms with Crippen molar-refractivity contribution < 1.29 is 23.9 Å².